The number of hydrogen-bond donors (Lipinski definition) is 3. The SMILES string of the molecule is O=C(Nc1ccnc(NC(=O)C2CC2)c1)c1c(Cl)cc(NC(=O)C2CC2)cc1Cl. The van der Waals surface area contributed by atoms with Crippen LogP contribution in [-0.2, 0) is 9.59 Å². The number of nitrogens with zero attached hydrogens (tertiary/aromatic N) is 1. The molecule has 9 heteroatoms. The van der Waals surface area contributed by atoms with Gasteiger partial charge in [0.05, 0.1) is 15.6 Å². The molecule has 1 aromatic carbocycles. The van der Waals surface area contributed by atoms with E-state index in [9.17, 15) is 14.4 Å². The van der Waals surface area contributed by atoms with E-state index in [0.717, 1.165) is 25.7 Å². The zero-order chi connectivity index (χ0) is 20.5. The van der Waals surface area contributed by atoms with E-state index < -0.39 is 5.91 Å². The van der Waals surface area contributed by atoms with E-state index in [1.807, 2.05) is 0 Å². The molecule has 1 heterocycles. The first-order chi connectivity index (χ1) is 13.9. The molecule has 29 heavy (non-hydrogen) atoms. The lowest BCUT2D eigenvalue weighted by Crippen LogP contribution is -2.17. The van der Waals surface area contributed by atoms with Crippen molar-refractivity contribution in [3.63, 3.8) is 0 Å². The molecule has 1 aromatic heterocycles. The van der Waals surface area contributed by atoms with Crippen molar-refractivity contribution in [3.8, 4) is 0 Å². The van der Waals surface area contributed by atoms with Crippen molar-refractivity contribution in [2.24, 2.45) is 11.8 Å². The third-order valence-electron chi connectivity index (χ3n) is 4.70. The van der Waals surface area contributed by atoms with Gasteiger partial charge in [-0.1, -0.05) is 23.2 Å². The van der Waals surface area contributed by atoms with Gasteiger partial charge < -0.3 is 16.0 Å². The fraction of sp³-hybridized carbons (Fsp3) is 0.300. The number of carbonyl (C=O) groups excluding carboxylic acids is 3. The number of halogens is 2. The summed E-state index contributed by atoms with van der Waals surface area (Å²) in [6.45, 7) is 0. The molecular formula is C20H18Cl2N4O3. The van der Waals surface area contributed by atoms with Crippen LogP contribution < -0.4 is 16.0 Å². The van der Waals surface area contributed by atoms with Crippen molar-refractivity contribution in [2.75, 3.05) is 16.0 Å². The van der Waals surface area contributed by atoms with Crippen LogP contribution in [0.5, 0.6) is 0 Å². The molecule has 2 saturated carbocycles. The van der Waals surface area contributed by atoms with Gasteiger partial charge in [-0.15, -0.1) is 0 Å². The Hall–Kier alpha value is -2.64. The fourth-order valence-electron chi connectivity index (χ4n) is 2.80. The highest BCUT2D eigenvalue weighted by molar-refractivity contribution is 6.41. The molecule has 2 aliphatic carbocycles. The molecule has 3 N–H and O–H groups in total. The Kier molecular flexibility index (Phi) is 5.43. The number of rotatable bonds is 6. The fourth-order valence-corrected chi connectivity index (χ4v) is 3.45. The molecule has 0 radical (unpaired) electrons. The summed E-state index contributed by atoms with van der Waals surface area (Å²) in [7, 11) is 0. The molecular weight excluding hydrogens is 415 g/mol. The molecule has 0 atom stereocenters. The molecule has 0 unspecified atom stereocenters. The summed E-state index contributed by atoms with van der Waals surface area (Å²) in [5.74, 6) is -0.216. The molecule has 4 rings (SSSR count). The lowest BCUT2D eigenvalue weighted by atomic mass is 10.1. The molecule has 2 aliphatic rings. The van der Waals surface area contributed by atoms with E-state index in [4.69, 9.17) is 23.2 Å². The molecule has 7 nitrogen and oxygen atoms in total. The highest BCUT2D eigenvalue weighted by Crippen LogP contribution is 2.33. The number of nitrogens with one attached hydrogen (secondary N) is 3. The van der Waals surface area contributed by atoms with E-state index in [2.05, 4.69) is 20.9 Å². The Morgan fingerprint density at radius 2 is 1.41 bits per heavy atom. The van der Waals surface area contributed by atoms with Gasteiger partial charge in [-0.2, -0.15) is 0 Å². The molecule has 2 aromatic rings. The average molecular weight is 433 g/mol. The van der Waals surface area contributed by atoms with Crippen molar-refractivity contribution in [3.05, 3.63) is 46.1 Å². The van der Waals surface area contributed by atoms with E-state index in [1.54, 1.807) is 12.1 Å². The lowest BCUT2D eigenvalue weighted by molar-refractivity contribution is -0.118. The molecule has 3 amide bonds. The average Bonchev–Trinajstić information content (AvgIpc) is 3.55. The van der Waals surface area contributed by atoms with Gasteiger partial charge in [-0.3, -0.25) is 14.4 Å². The van der Waals surface area contributed by atoms with Gasteiger partial charge in [0, 0.05) is 35.5 Å². The van der Waals surface area contributed by atoms with Gasteiger partial charge in [0.25, 0.3) is 5.91 Å². The summed E-state index contributed by atoms with van der Waals surface area (Å²) < 4.78 is 0. The first-order valence-corrected chi connectivity index (χ1v) is 10.0. The Balaban J connectivity index is 1.46. The maximum absolute atomic E-state index is 12.7. The second-order valence-corrected chi connectivity index (χ2v) is 8.04. The third-order valence-corrected chi connectivity index (χ3v) is 5.30. The number of benzene rings is 1. The van der Waals surface area contributed by atoms with Crippen LogP contribution in [-0.4, -0.2) is 22.7 Å². The minimum absolute atomic E-state index is 0.0387. The second-order valence-electron chi connectivity index (χ2n) is 7.23. The predicted octanol–water partition coefficient (Wildman–Crippen LogP) is 4.34. The number of hydrogen-bond acceptors (Lipinski definition) is 4. The number of amides is 3. The van der Waals surface area contributed by atoms with Crippen molar-refractivity contribution < 1.29 is 14.4 Å². The van der Waals surface area contributed by atoms with Crippen LogP contribution in [0.1, 0.15) is 36.0 Å². The molecule has 0 spiro atoms. The van der Waals surface area contributed by atoms with E-state index in [-0.39, 0.29) is 39.3 Å². The summed E-state index contributed by atoms with van der Waals surface area (Å²) in [4.78, 5) is 40.5. The van der Waals surface area contributed by atoms with Crippen LogP contribution in [0, 0.1) is 11.8 Å². The topological polar surface area (TPSA) is 100 Å². The Labute approximate surface area is 177 Å². The summed E-state index contributed by atoms with van der Waals surface area (Å²) in [5.41, 5.74) is 0.981. The quantitative estimate of drug-likeness (QED) is 0.631. The number of aromatic nitrogens is 1. The molecule has 0 saturated heterocycles. The number of anilines is 3. The van der Waals surface area contributed by atoms with Crippen LogP contribution in [0.3, 0.4) is 0 Å². The first-order valence-electron chi connectivity index (χ1n) is 9.29. The lowest BCUT2D eigenvalue weighted by Gasteiger charge is -2.12. The van der Waals surface area contributed by atoms with Crippen LogP contribution in [0.4, 0.5) is 17.2 Å². The summed E-state index contributed by atoms with van der Waals surface area (Å²) in [6.07, 6.45) is 5.01. The van der Waals surface area contributed by atoms with Gasteiger partial charge in [0.1, 0.15) is 5.82 Å². The van der Waals surface area contributed by atoms with Gasteiger partial charge in [0.15, 0.2) is 0 Å². The van der Waals surface area contributed by atoms with Crippen LogP contribution in [0.15, 0.2) is 30.5 Å². The van der Waals surface area contributed by atoms with E-state index >= 15 is 0 Å². The van der Waals surface area contributed by atoms with Crippen LogP contribution in [0.2, 0.25) is 10.0 Å². The smallest absolute Gasteiger partial charge is 0.258 e. The zero-order valence-corrected chi connectivity index (χ0v) is 16.8. The standard InChI is InChI=1S/C20H18Cl2N4O3/c21-14-7-13(25-18(27)10-1-2-10)8-15(22)17(14)20(29)24-12-5-6-23-16(9-12)26-19(28)11-3-4-11/h5-11H,1-4H2,(H,25,27)(H2,23,24,26,28,29). The number of carbonyl (C=O) groups is 3. The highest BCUT2D eigenvalue weighted by atomic mass is 35.5. The van der Waals surface area contributed by atoms with Crippen LogP contribution in [0.25, 0.3) is 0 Å². The minimum atomic E-state index is -0.509. The van der Waals surface area contributed by atoms with Crippen molar-refractivity contribution in [1.29, 1.82) is 0 Å². The zero-order valence-electron chi connectivity index (χ0n) is 15.3. The van der Waals surface area contributed by atoms with Crippen molar-refractivity contribution >= 4 is 58.1 Å². The Morgan fingerprint density at radius 1 is 0.828 bits per heavy atom. The van der Waals surface area contributed by atoms with Gasteiger partial charge in [-0.25, -0.2) is 4.98 Å². The second kappa shape index (κ2) is 8.00. The van der Waals surface area contributed by atoms with Gasteiger partial charge in [0.2, 0.25) is 11.8 Å². The summed E-state index contributed by atoms with van der Waals surface area (Å²) >= 11 is 12.5. The van der Waals surface area contributed by atoms with Crippen LogP contribution >= 0.6 is 23.2 Å². The van der Waals surface area contributed by atoms with E-state index in [0.29, 0.717) is 17.2 Å². The highest BCUT2D eigenvalue weighted by Gasteiger charge is 2.30. The molecule has 0 aliphatic heterocycles. The minimum Gasteiger partial charge on any atom is -0.326 e. The summed E-state index contributed by atoms with van der Waals surface area (Å²) in [5, 5.41) is 8.42. The Morgan fingerprint density at radius 3 is 2.00 bits per heavy atom. The van der Waals surface area contributed by atoms with Crippen molar-refractivity contribution in [1.82, 2.24) is 4.98 Å². The molecule has 150 valence electrons. The molecule has 0 bridgehead atoms. The summed E-state index contributed by atoms with van der Waals surface area (Å²) in [6, 6.07) is 6.15. The van der Waals surface area contributed by atoms with Crippen molar-refractivity contribution in [2.45, 2.75) is 25.7 Å². The maximum Gasteiger partial charge on any atom is 0.258 e. The van der Waals surface area contributed by atoms with Gasteiger partial charge >= 0.3 is 0 Å². The monoisotopic (exact) mass is 432 g/mol. The molecule has 2 fully saturated rings. The number of pyridine rings is 1. The normalized spacial score (nSPS) is 15.5. The third kappa shape index (κ3) is 4.86. The van der Waals surface area contributed by atoms with Gasteiger partial charge in [-0.05, 0) is 43.9 Å². The Bertz CT molecular complexity index is 980. The van der Waals surface area contributed by atoms with E-state index in [1.165, 1.54) is 18.3 Å². The largest absolute Gasteiger partial charge is 0.326 e. The maximum atomic E-state index is 12.7. The predicted molar refractivity (Wildman–Crippen MR) is 111 cm³/mol. The first kappa shape index (κ1) is 19.7.